The lowest BCUT2D eigenvalue weighted by molar-refractivity contribution is 0.146. The topological polar surface area (TPSA) is 12.9 Å². The molecule has 1 aromatic rings. The van der Waals surface area contributed by atoms with E-state index >= 15 is 0 Å². The van der Waals surface area contributed by atoms with E-state index in [0.717, 1.165) is 0 Å². The first-order valence-corrected chi connectivity index (χ1v) is 3.88. The molecule has 1 nitrogen and oxygen atoms in total. The SMILES string of the molecule is FC(F)c1nccc(Br)c1Cl. The number of hydrogen-bond donors (Lipinski definition) is 0. The summed E-state index contributed by atoms with van der Waals surface area (Å²) in [5.41, 5.74) is -0.388. The van der Waals surface area contributed by atoms with Crippen molar-refractivity contribution in [3.63, 3.8) is 0 Å². The molecule has 0 aliphatic carbocycles. The molecule has 0 aliphatic heterocycles. The van der Waals surface area contributed by atoms with E-state index in [-0.39, 0.29) is 10.7 Å². The Kier molecular flexibility index (Phi) is 2.78. The van der Waals surface area contributed by atoms with Crippen molar-refractivity contribution < 1.29 is 8.78 Å². The molecule has 0 saturated carbocycles. The summed E-state index contributed by atoms with van der Waals surface area (Å²) in [6.07, 6.45) is -1.35. The molecule has 1 heterocycles. The van der Waals surface area contributed by atoms with E-state index in [1.807, 2.05) is 0 Å². The largest absolute Gasteiger partial charge is 0.281 e. The van der Waals surface area contributed by atoms with Crippen LogP contribution in [0, 0.1) is 0 Å². The highest BCUT2D eigenvalue weighted by molar-refractivity contribution is 9.10. The lowest BCUT2D eigenvalue weighted by atomic mass is 10.4. The second-order valence-electron chi connectivity index (χ2n) is 1.79. The van der Waals surface area contributed by atoms with Crippen molar-refractivity contribution in [2.75, 3.05) is 0 Å². The van der Waals surface area contributed by atoms with Gasteiger partial charge in [-0.2, -0.15) is 0 Å². The molecular weight excluding hydrogens is 239 g/mol. The molecule has 0 unspecified atom stereocenters. The van der Waals surface area contributed by atoms with Gasteiger partial charge in [0, 0.05) is 10.7 Å². The molecule has 60 valence electrons. The van der Waals surface area contributed by atoms with Gasteiger partial charge in [0.25, 0.3) is 6.43 Å². The van der Waals surface area contributed by atoms with Gasteiger partial charge in [0.15, 0.2) is 0 Å². The number of aromatic nitrogens is 1. The average molecular weight is 242 g/mol. The van der Waals surface area contributed by atoms with Gasteiger partial charge in [-0.05, 0) is 22.0 Å². The van der Waals surface area contributed by atoms with E-state index in [9.17, 15) is 8.78 Å². The van der Waals surface area contributed by atoms with Gasteiger partial charge in [-0.1, -0.05) is 11.6 Å². The highest BCUT2D eigenvalue weighted by Gasteiger charge is 2.14. The number of nitrogens with zero attached hydrogens (tertiary/aromatic N) is 1. The van der Waals surface area contributed by atoms with Crippen LogP contribution in [0.1, 0.15) is 12.1 Å². The predicted molar refractivity (Wildman–Crippen MR) is 41.9 cm³/mol. The van der Waals surface area contributed by atoms with Crippen molar-refractivity contribution in [1.29, 1.82) is 0 Å². The number of halogens is 4. The van der Waals surface area contributed by atoms with E-state index in [2.05, 4.69) is 20.9 Å². The first kappa shape index (κ1) is 8.87. The molecule has 1 rings (SSSR count). The van der Waals surface area contributed by atoms with Gasteiger partial charge in [-0.15, -0.1) is 0 Å². The molecule has 0 radical (unpaired) electrons. The van der Waals surface area contributed by atoms with Crippen LogP contribution in [0.3, 0.4) is 0 Å². The molecule has 0 aromatic carbocycles. The fourth-order valence-corrected chi connectivity index (χ4v) is 1.10. The second-order valence-corrected chi connectivity index (χ2v) is 3.02. The Bertz CT molecular complexity index is 267. The Morgan fingerprint density at radius 3 is 2.64 bits per heavy atom. The van der Waals surface area contributed by atoms with Crippen molar-refractivity contribution in [2.45, 2.75) is 6.43 Å². The maximum absolute atomic E-state index is 12.0. The Morgan fingerprint density at radius 1 is 1.55 bits per heavy atom. The minimum atomic E-state index is -2.63. The van der Waals surface area contributed by atoms with Crippen LogP contribution in [-0.2, 0) is 0 Å². The van der Waals surface area contributed by atoms with Crippen molar-refractivity contribution >= 4 is 27.5 Å². The van der Waals surface area contributed by atoms with Gasteiger partial charge in [-0.25, -0.2) is 8.78 Å². The van der Waals surface area contributed by atoms with Gasteiger partial charge in [0.05, 0.1) is 5.02 Å². The van der Waals surface area contributed by atoms with Crippen LogP contribution >= 0.6 is 27.5 Å². The Labute approximate surface area is 75.5 Å². The van der Waals surface area contributed by atoms with Crippen molar-refractivity contribution in [3.05, 3.63) is 27.5 Å². The summed E-state index contributed by atoms with van der Waals surface area (Å²) in [7, 11) is 0. The monoisotopic (exact) mass is 241 g/mol. The highest BCUT2D eigenvalue weighted by Crippen LogP contribution is 2.30. The lowest BCUT2D eigenvalue weighted by Crippen LogP contribution is -1.90. The first-order chi connectivity index (χ1) is 5.13. The summed E-state index contributed by atoms with van der Waals surface area (Å²) in [5, 5.41) is -0.0255. The van der Waals surface area contributed by atoms with E-state index in [4.69, 9.17) is 11.6 Å². The maximum Gasteiger partial charge on any atom is 0.281 e. The lowest BCUT2D eigenvalue weighted by Gasteiger charge is -2.01. The van der Waals surface area contributed by atoms with Crippen LogP contribution in [0.25, 0.3) is 0 Å². The molecule has 0 bridgehead atoms. The fraction of sp³-hybridized carbons (Fsp3) is 0.167. The van der Waals surface area contributed by atoms with E-state index in [1.54, 1.807) is 0 Å². The zero-order valence-corrected chi connectivity index (χ0v) is 7.53. The fourth-order valence-electron chi connectivity index (χ4n) is 0.587. The standard InChI is InChI=1S/C6H3BrClF2N/c7-3-1-2-11-5(4(3)8)6(9)10/h1-2,6H. The van der Waals surface area contributed by atoms with Crippen LogP contribution in [0.15, 0.2) is 16.7 Å². The molecule has 0 amide bonds. The van der Waals surface area contributed by atoms with E-state index < -0.39 is 6.43 Å². The normalized spacial score (nSPS) is 10.6. The third-order valence-corrected chi connectivity index (χ3v) is 2.36. The summed E-state index contributed by atoms with van der Waals surface area (Å²) in [4.78, 5) is 3.43. The zero-order valence-electron chi connectivity index (χ0n) is 5.19. The van der Waals surface area contributed by atoms with E-state index in [0.29, 0.717) is 4.47 Å². The highest BCUT2D eigenvalue weighted by atomic mass is 79.9. The summed E-state index contributed by atoms with van der Waals surface area (Å²) in [5.74, 6) is 0. The van der Waals surface area contributed by atoms with Crippen LogP contribution in [0.4, 0.5) is 8.78 Å². The molecule has 11 heavy (non-hydrogen) atoms. The quantitative estimate of drug-likeness (QED) is 0.735. The Balaban J connectivity index is 3.17. The predicted octanol–water partition coefficient (Wildman–Crippen LogP) is 3.44. The molecule has 0 fully saturated rings. The number of alkyl halides is 2. The number of rotatable bonds is 1. The van der Waals surface area contributed by atoms with Gasteiger partial charge < -0.3 is 0 Å². The van der Waals surface area contributed by atoms with Gasteiger partial charge >= 0.3 is 0 Å². The maximum atomic E-state index is 12.0. The minimum absolute atomic E-state index is 0.0255. The Morgan fingerprint density at radius 2 is 2.18 bits per heavy atom. The molecule has 0 N–H and O–H groups in total. The summed E-state index contributed by atoms with van der Waals surface area (Å²) in [6.45, 7) is 0. The van der Waals surface area contributed by atoms with Gasteiger partial charge in [-0.3, -0.25) is 4.98 Å². The van der Waals surface area contributed by atoms with Crippen LogP contribution in [0.2, 0.25) is 5.02 Å². The van der Waals surface area contributed by atoms with Gasteiger partial charge in [0.2, 0.25) is 0 Å². The summed E-state index contributed by atoms with van der Waals surface area (Å²) in [6, 6.07) is 1.51. The van der Waals surface area contributed by atoms with Crippen molar-refractivity contribution in [3.8, 4) is 0 Å². The summed E-state index contributed by atoms with van der Waals surface area (Å²) < 4.78 is 24.5. The van der Waals surface area contributed by atoms with Crippen LogP contribution in [0.5, 0.6) is 0 Å². The number of hydrogen-bond acceptors (Lipinski definition) is 1. The first-order valence-electron chi connectivity index (χ1n) is 2.71. The molecule has 0 spiro atoms. The Hall–Kier alpha value is -0.220. The summed E-state index contributed by atoms with van der Waals surface area (Å²) >= 11 is 8.51. The molecule has 0 atom stereocenters. The third-order valence-electron chi connectivity index (χ3n) is 1.08. The third kappa shape index (κ3) is 1.87. The number of pyridine rings is 1. The minimum Gasteiger partial charge on any atom is -0.254 e. The van der Waals surface area contributed by atoms with E-state index in [1.165, 1.54) is 12.3 Å². The van der Waals surface area contributed by atoms with Gasteiger partial charge in [0.1, 0.15) is 5.69 Å². The van der Waals surface area contributed by atoms with Crippen LogP contribution < -0.4 is 0 Å². The zero-order chi connectivity index (χ0) is 8.43. The molecule has 0 aliphatic rings. The molecule has 0 saturated heterocycles. The molecular formula is C6H3BrClF2N. The van der Waals surface area contributed by atoms with Crippen molar-refractivity contribution in [2.24, 2.45) is 0 Å². The second kappa shape index (κ2) is 3.45. The average Bonchev–Trinajstić information content (AvgIpc) is 1.94. The van der Waals surface area contributed by atoms with Crippen LogP contribution in [-0.4, -0.2) is 4.98 Å². The van der Waals surface area contributed by atoms with Crippen molar-refractivity contribution in [1.82, 2.24) is 4.98 Å². The molecule has 5 heteroatoms. The molecule has 1 aromatic heterocycles. The smallest absolute Gasteiger partial charge is 0.254 e.